The van der Waals surface area contributed by atoms with E-state index in [1.165, 1.54) is 70.2 Å². The van der Waals surface area contributed by atoms with E-state index >= 15 is 0 Å². The van der Waals surface area contributed by atoms with Crippen molar-refractivity contribution in [3.05, 3.63) is 106 Å². The second-order valence-corrected chi connectivity index (χ2v) is 17.3. The van der Waals surface area contributed by atoms with E-state index in [9.17, 15) is 0 Å². The maximum atomic E-state index is 4.58. The third-order valence-corrected chi connectivity index (χ3v) is 14.4. The van der Waals surface area contributed by atoms with Crippen LogP contribution in [0.25, 0.3) is 16.3 Å². The molecule has 0 saturated heterocycles. The molecule has 0 saturated carbocycles. The van der Waals surface area contributed by atoms with Gasteiger partial charge in [-0.05, 0) is 112 Å². The number of anilines is 1. The molecule has 2 atom stereocenters. The largest absolute Gasteiger partial charge is 0.361 e. The molecule has 0 radical (unpaired) electrons. The summed E-state index contributed by atoms with van der Waals surface area (Å²) >= 11 is 7.46. The summed E-state index contributed by atoms with van der Waals surface area (Å²) in [6.45, 7) is 12.7. The van der Waals surface area contributed by atoms with Crippen LogP contribution in [0.15, 0.2) is 121 Å². The molecule has 4 aliphatic rings. The fourth-order valence-corrected chi connectivity index (χ4v) is 11.8. The predicted molar refractivity (Wildman–Crippen MR) is 214 cm³/mol. The average molecular weight is 738 g/mol. The first-order valence-corrected chi connectivity index (χ1v) is 21.3. The van der Waals surface area contributed by atoms with E-state index in [1.54, 1.807) is 11.8 Å². The normalized spacial score (nSPS) is 21.6. The van der Waals surface area contributed by atoms with Crippen LogP contribution in [0.1, 0.15) is 58.4 Å². The Bertz CT molecular complexity index is 2070. The fourth-order valence-electron chi connectivity index (χ4n) is 7.36. The van der Waals surface area contributed by atoms with E-state index in [1.807, 2.05) is 41.1 Å². The minimum atomic E-state index is 0.255. The van der Waals surface area contributed by atoms with E-state index < -0.39 is 0 Å². The summed E-state index contributed by atoms with van der Waals surface area (Å²) in [6.07, 6.45) is 22.9. The molecule has 6 nitrogen and oxygen atoms in total. The zero-order valence-corrected chi connectivity index (χ0v) is 32.5. The first kappa shape index (κ1) is 33.8. The van der Waals surface area contributed by atoms with Crippen molar-refractivity contribution in [2.45, 2.75) is 91.8 Å². The van der Waals surface area contributed by atoms with Crippen molar-refractivity contribution in [2.24, 2.45) is 5.92 Å². The molecule has 2 unspecified atom stereocenters. The van der Waals surface area contributed by atoms with Gasteiger partial charge in [0, 0.05) is 71.3 Å². The smallest absolute Gasteiger partial charge is 0.263 e. The molecule has 0 fully saturated rings. The van der Waals surface area contributed by atoms with Gasteiger partial charge in [0.25, 0.3) is 5.01 Å². The lowest BCUT2D eigenvalue weighted by molar-refractivity contribution is -0.665. The van der Waals surface area contributed by atoms with Gasteiger partial charge in [0.1, 0.15) is 11.2 Å². The molecule has 8 rings (SSSR count). The average Bonchev–Trinajstić information content (AvgIpc) is 3.92. The van der Waals surface area contributed by atoms with E-state index in [4.69, 9.17) is 0 Å². The Morgan fingerprint density at radius 3 is 2.70 bits per heavy atom. The van der Waals surface area contributed by atoms with Gasteiger partial charge in [-0.1, -0.05) is 58.8 Å². The second kappa shape index (κ2) is 14.7. The third-order valence-electron chi connectivity index (χ3n) is 10.0. The highest BCUT2D eigenvalue weighted by atomic mass is 32.2. The standard InChI is InChI=1S/C40H45N6S4/c1-5-43-19-17-41-39(43)47-31-13-15-35-33(25-31)45(7-3)37(49-35)23-27-9-11-29-12-10-28(22-30(29)21-27)24-38-46(8-4)34-26-32(14-16-36(34)50-38)48-40-42-18-20-44(40)6-2/h13-26,29,39,41H,5-12H2,1-4H3/q+1. The Hall–Kier alpha value is -3.31. The van der Waals surface area contributed by atoms with Gasteiger partial charge in [0.05, 0.1) is 10.7 Å². The molecule has 10 heteroatoms. The van der Waals surface area contributed by atoms with Gasteiger partial charge in [-0.3, -0.25) is 0 Å². The lowest BCUT2D eigenvalue weighted by Gasteiger charge is -2.28. The van der Waals surface area contributed by atoms with Crippen LogP contribution in [0.4, 0.5) is 5.69 Å². The van der Waals surface area contributed by atoms with Gasteiger partial charge in [0.15, 0.2) is 10.7 Å². The number of imidazole rings is 1. The number of benzene rings is 2. The Morgan fingerprint density at radius 2 is 1.86 bits per heavy atom. The predicted octanol–water partition coefficient (Wildman–Crippen LogP) is 10.3. The van der Waals surface area contributed by atoms with Crippen molar-refractivity contribution in [1.29, 1.82) is 0 Å². The maximum absolute atomic E-state index is 4.58. The summed E-state index contributed by atoms with van der Waals surface area (Å²) in [5, 5.41) is 7.22. The van der Waals surface area contributed by atoms with E-state index in [0.717, 1.165) is 44.2 Å². The molecule has 1 N–H and O–H groups in total. The van der Waals surface area contributed by atoms with E-state index in [-0.39, 0.29) is 5.50 Å². The number of thioether (sulfide) groups is 2. The summed E-state index contributed by atoms with van der Waals surface area (Å²) in [4.78, 5) is 13.3. The number of nitrogens with one attached hydrogen (secondary N) is 1. The molecule has 50 heavy (non-hydrogen) atoms. The summed E-state index contributed by atoms with van der Waals surface area (Å²) in [6, 6.07) is 13.9. The molecule has 2 aromatic heterocycles. The lowest BCUT2D eigenvalue weighted by atomic mass is 9.77. The number of aryl methyl sites for hydroxylation is 2. The van der Waals surface area contributed by atoms with Crippen molar-refractivity contribution in [1.82, 2.24) is 19.8 Å². The fraction of sp³-hybridized carbons (Fsp3) is 0.350. The molecule has 4 aromatic rings. The zero-order chi connectivity index (χ0) is 34.2. The van der Waals surface area contributed by atoms with E-state index in [2.05, 4.69) is 136 Å². The first-order valence-electron chi connectivity index (χ1n) is 18.0. The molecule has 2 aromatic carbocycles. The Morgan fingerprint density at radius 1 is 0.980 bits per heavy atom. The minimum absolute atomic E-state index is 0.255. The van der Waals surface area contributed by atoms with Gasteiger partial charge in [-0.2, -0.15) is 4.57 Å². The van der Waals surface area contributed by atoms with Crippen LogP contribution < -0.4 is 14.8 Å². The molecule has 2 aliphatic heterocycles. The third kappa shape index (κ3) is 6.72. The highest BCUT2D eigenvalue weighted by molar-refractivity contribution is 8.03. The number of rotatable bonds is 10. The van der Waals surface area contributed by atoms with Crippen molar-refractivity contribution >= 4 is 68.6 Å². The molecule has 0 spiro atoms. The van der Waals surface area contributed by atoms with Gasteiger partial charge >= 0.3 is 0 Å². The van der Waals surface area contributed by atoms with Crippen molar-refractivity contribution in [2.75, 3.05) is 18.0 Å². The Kier molecular flexibility index (Phi) is 9.97. The van der Waals surface area contributed by atoms with Crippen molar-refractivity contribution in [3.63, 3.8) is 0 Å². The first-order chi connectivity index (χ1) is 24.5. The Balaban J connectivity index is 1.02. The quantitative estimate of drug-likeness (QED) is 0.163. The minimum Gasteiger partial charge on any atom is -0.361 e. The van der Waals surface area contributed by atoms with Crippen LogP contribution in [-0.2, 0) is 13.1 Å². The number of aromatic nitrogens is 3. The zero-order valence-electron chi connectivity index (χ0n) is 29.3. The summed E-state index contributed by atoms with van der Waals surface area (Å²) in [5.74, 6) is 0.668. The van der Waals surface area contributed by atoms with Crippen molar-refractivity contribution < 1.29 is 4.57 Å². The molecular formula is C40H45N6S4+. The maximum Gasteiger partial charge on any atom is 0.263 e. The molecule has 258 valence electrons. The lowest BCUT2D eigenvalue weighted by Crippen LogP contribution is -2.33. The topological polar surface area (TPSA) is 40.2 Å². The van der Waals surface area contributed by atoms with Crippen LogP contribution in [0.5, 0.6) is 0 Å². The van der Waals surface area contributed by atoms with Crippen LogP contribution >= 0.6 is 46.6 Å². The molecular weight excluding hydrogens is 693 g/mol. The summed E-state index contributed by atoms with van der Waals surface area (Å²) < 4.78 is 6.02. The SMILES string of the molecule is CCN1/C(=C/C2=CC3=C/C(=C/c4sc5ccc(Sc6nccn6CC)cc5[n+]4CC)CCC3CC2)Sc2ccc(SC3NC=CN3CC)cc21. The monoisotopic (exact) mass is 737 g/mol. The van der Waals surface area contributed by atoms with Crippen LogP contribution in [0.2, 0.25) is 0 Å². The van der Waals surface area contributed by atoms with Crippen LogP contribution in [0, 0.1) is 5.92 Å². The van der Waals surface area contributed by atoms with Gasteiger partial charge < -0.3 is 19.7 Å². The van der Waals surface area contributed by atoms with Crippen LogP contribution in [0.3, 0.4) is 0 Å². The Labute approximate surface area is 313 Å². The number of allylic oxidation sites excluding steroid dienone is 6. The number of fused-ring (bicyclic) bond motifs is 3. The summed E-state index contributed by atoms with van der Waals surface area (Å²) in [7, 11) is 0. The molecule has 0 amide bonds. The van der Waals surface area contributed by atoms with Gasteiger partial charge in [-0.15, -0.1) is 0 Å². The van der Waals surface area contributed by atoms with Gasteiger partial charge in [-0.25, -0.2) is 4.98 Å². The summed E-state index contributed by atoms with van der Waals surface area (Å²) in [5.41, 5.74) is 7.32. The number of thiazole rings is 1. The number of hydrogen-bond acceptors (Lipinski definition) is 8. The second-order valence-electron chi connectivity index (χ2n) is 13.0. The van der Waals surface area contributed by atoms with E-state index in [0.29, 0.717) is 5.92 Å². The molecule has 0 bridgehead atoms. The number of hydrogen-bond donors (Lipinski definition) is 1. The highest BCUT2D eigenvalue weighted by Gasteiger charge is 2.28. The van der Waals surface area contributed by atoms with Crippen molar-refractivity contribution in [3.8, 4) is 0 Å². The highest BCUT2D eigenvalue weighted by Crippen LogP contribution is 2.49. The molecule has 2 aliphatic carbocycles. The number of nitrogens with zero attached hydrogens (tertiary/aromatic N) is 5. The van der Waals surface area contributed by atoms with Gasteiger partial charge in [0.2, 0.25) is 5.52 Å². The van der Waals surface area contributed by atoms with Crippen LogP contribution in [-0.4, -0.2) is 33.0 Å². The molecule has 4 heterocycles.